The van der Waals surface area contributed by atoms with Crippen LogP contribution in [0.25, 0.3) is 0 Å². The second-order valence-electron chi connectivity index (χ2n) is 2.96. The van der Waals surface area contributed by atoms with Gasteiger partial charge in [-0.1, -0.05) is 11.6 Å². The minimum absolute atomic E-state index is 0.459. The van der Waals surface area contributed by atoms with E-state index in [0.29, 0.717) is 23.8 Å². The summed E-state index contributed by atoms with van der Waals surface area (Å²) < 4.78 is 6.21. The van der Waals surface area contributed by atoms with Crippen molar-refractivity contribution >= 4 is 27.5 Å². The molecule has 0 aliphatic carbocycles. The lowest BCUT2D eigenvalue weighted by Gasteiger charge is -2.23. The Kier molecular flexibility index (Phi) is 2.49. The highest BCUT2D eigenvalue weighted by atomic mass is 79.9. The summed E-state index contributed by atoms with van der Waals surface area (Å²) in [5, 5.41) is 10.3. The number of fused-ring (bicyclic) bond motifs is 1. The molecule has 70 valence electrons. The predicted molar refractivity (Wildman–Crippen MR) is 54.2 cm³/mol. The van der Waals surface area contributed by atoms with Gasteiger partial charge in [0.25, 0.3) is 0 Å². The van der Waals surface area contributed by atoms with E-state index in [0.717, 1.165) is 10.0 Å². The van der Waals surface area contributed by atoms with Gasteiger partial charge in [0, 0.05) is 17.0 Å². The molecule has 0 spiro atoms. The van der Waals surface area contributed by atoms with Crippen molar-refractivity contribution in [2.75, 3.05) is 6.61 Å². The van der Waals surface area contributed by atoms with Crippen LogP contribution in [-0.4, -0.2) is 11.7 Å². The number of ether oxygens (including phenoxy) is 1. The minimum Gasteiger partial charge on any atom is -0.492 e. The van der Waals surface area contributed by atoms with Crippen LogP contribution in [0.5, 0.6) is 5.75 Å². The van der Waals surface area contributed by atoms with E-state index < -0.39 is 6.10 Å². The maximum Gasteiger partial charge on any atom is 0.139 e. The lowest BCUT2D eigenvalue weighted by Crippen LogP contribution is -2.14. The highest BCUT2D eigenvalue weighted by Gasteiger charge is 2.21. The highest BCUT2D eigenvalue weighted by Crippen LogP contribution is 2.39. The van der Waals surface area contributed by atoms with Crippen LogP contribution in [0.2, 0.25) is 5.02 Å². The van der Waals surface area contributed by atoms with Crippen LogP contribution in [0.15, 0.2) is 16.6 Å². The molecule has 2 nitrogen and oxygen atoms in total. The smallest absolute Gasteiger partial charge is 0.139 e. The van der Waals surface area contributed by atoms with Crippen LogP contribution >= 0.6 is 27.5 Å². The molecule has 0 fully saturated rings. The molecule has 1 aromatic carbocycles. The van der Waals surface area contributed by atoms with Crippen molar-refractivity contribution < 1.29 is 9.84 Å². The zero-order valence-corrected chi connectivity index (χ0v) is 9.10. The van der Waals surface area contributed by atoms with E-state index in [1.165, 1.54) is 0 Å². The average molecular weight is 264 g/mol. The van der Waals surface area contributed by atoms with Gasteiger partial charge in [-0.05, 0) is 28.1 Å². The monoisotopic (exact) mass is 262 g/mol. The molecule has 0 aromatic heterocycles. The number of benzene rings is 1. The van der Waals surface area contributed by atoms with Gasteiger partial charge in [-0.2, -0.15) is 0 Å². The first-order valence-electron chi connectivity index (χ1n) is 3.98. The lowest BCUT2D eigenvalue weighted by molar-refractivity contribution is 0.115. The molecule has 1 aliphatic rings. The molecule has 1 N–H and O–H groups in total. The van der Waals surface area contributed by atoms with Gasteiger partial charge < -0.3 is 9.84 Å². The standard InChI is InChI=1S/C9H8BrClO2/c10-7-4-5(11)3-6-8(12)1-2-13-9(6)7/h3-4,8,12H,1-2H2/t8-/m1/s1. The van der Waals surface area contributed by atoms with Crippen LogP contribution in [0.3, 0.4) is 0 Å². The predicted octanol–water partition coefficient (Wildman–Crippen LogP) is 2.92. The summed E-state index contributed by atoms with van der Waals surface area (Å²) in [6.45, 7) is 0.550. The summed E-state index contributed by atoms with van der Waals surface area (Å²) in [6.07, 6.45) is 0.165. The van der Waals surface area contributed by atoms with E-state index in [1.54, 1.807) is 12.1 Å². The summed E-state index contributed by atoms with van der Waals surface area (Å²) in [7, 11) is 0. The van der Waals surface area contributed by atoms with Gasteiger partial charge in [0.1, 0.15) is 5.75 Å². The van der Waals surface area contributed by atoms with Gasteiger partial charge in [-0.25, -0.2) is 0 Å². The van der Waals surface area contributed by atoms with Crippen molar-refractivity contribution in [1.82, 2.24) is 0 Å². The van der Waals surface area contributed by atoms with E-state index in [2.05, 4.69) is 15.9 Å². The van der Waals surface area contributed by atoms with E-state index in [1.807, 2.05) is 0 Å². The number of hydrogen-bond donors (Lipinski definition) is 1. The van der Waals surface area contributed by atoms with Crippen LogP contribution in [0.1, 0.15) is 18.1 Å². The number of rotatable bonds is 0. The zero-order chi connectivity index (χ0) is 9.42. The van der Waals surface area contributed by atoms with E-state index in [4.69, 9.17) is 16.3 Å². The molecular formula is C9H8BrClO2. The summed E-state index contributed by atoms with van der Waals surface area (Å²) in [5.74, 6) is 0.711. The number of hydrogen-bond acceptors (Lipinski definition) is 2. The normalized spacial score (nSPS) is 20.7. The van der Waals surface area contributed by atoms with E-state index >= 15 is 0 Å². The van der Waals surface area contributed by atoms with Gasteiger partial charge in [-0.3, -0.25) is 0 Å². The van der Waals surface area contributed by atoms with Crippen molar-refractivity contribution in [2.45, 2.75) is 12.5 Å². The molecule has 1 heterocycles. The molecule has 0 saturated carbocycles. The Bertz CT molecular complexity index is 341. The molecule has 1 aliphatic heterocycles. The Hall–Kier alpha value is -0.250. The first-order chi connectivity index (χ1) is 6.18. The fourth-order valence-corrected chi connectivity index (χ4v) is 2.36. The Morgan fingerprint density at radius 2 is 2.31 bits per heavy atom. The molecule has 4 heteroatoms. The summed E-state index contributed by atoms with van der Waals surface area (Å²) in [5.41, 5.74) is 0.769. The van der Waals surface area contributed by atoms with Crippen LogP contribution in [0.4, 0.5) is 0 Å². The molecule has 1 aromatic rings. The second kappa shape index (κ2) is 3.48. The topological polar surface area (TPSA) is 29.5 Å². The third kappa shape index (κ3) is 1.68. The van der Waals surface area contributed by atoms with Crippen LogP contribution < -0.4 is 4.74 Å². The second-order valence-corrected chi connectivity index (χ2v) is 4.25. The fourth-order valence-electron chi connectivity index (χ4n) is 1.41. The van der Waals surface area contributed by atoms with Gasteiger partial charge >= 0.3 is 0 Å². The first kappa shape index (κ1) is 9.31. The largest absolute Gasteiger partial charge is 0.492 e. The Labute approximate surface area is 89.6 Å². The first-order valence-corrected chi connectivity index (χ1v) is 5.15. The summed E-state index contributed by atoms with van der Waals surface area (Å²) >= 11 is 9.19. The maximum atomic E-state index is 9.65. The van der Waals surface area contributed by atoms with E-state index in [9.17, 15) is 5.11 Å². The zero-order valence-electron chi connectivity index (χ0n) is 6.76. The Morgan fingerprint density at radius 3 is 3.08 bits per heavy atom. The van der Waals surface area contributed by atoms with Crippen molar-refractivity contribution in [3.8, 4) is 5.75 Å². The Morgan fingerprint density at radius 1 is 1.54 bits per heavy atom. The highest BCUT2D eigenvalue weighted by molar-refractivity contribution is 9.10. The molecular weight excluding hydrogens is 255 g/mol. The number of aliphatic hydroxyl groups is 1. The molecule has 0 saturated heterocycles. The summed E-state index contributed by atoms with van der Waals surface area (Å²) in [6, 6.07) is 3.50. The molecule has 0 bridgehead atoms. The molecule has 0 unspecified atom stereocenters. The summed E-state index contributed by atoms with van der Waals surface area (Å²) in [4.78, 5) is 0. The lowest BCUT2D eigenvalue weighted by atomic mass is 10.0. The minimum atomic E-state index is -0.459. The van der Waals surface area contributed by atoms with E-state index in [-0.39, 0.29) is 0 Å². The van der Waals surface area contributed by atoms with Crippen LogP contribution in [-0.2, 0) is 0 Å². The third-order valence-electron chi connectivity index (χ3n) is 2.03. The Balaban J connectivity index is 2.56. The maximum absolute atomic E-state index is 9.65. The average Bonchev–Trinajstić information content (AvgIpc) is 2.07. The molecule has 2 rings (SSSR count). The molecule has 1 atom stereocenters. The van der Waals surface area contributed by atoms with Crippen molar-refractivity contribution in [1.29, 1.82) is 0 Å². The van der Waals surface area contributed by atoms with Crippen LogP contribution in [0, 0.1) is 0 Å². The van der Waals surface area contributed by atoms with Crippen molar-refractivity contribution in [3.05, 3.63) is 27.2 Å². The van der Waals surface area contributed by atoms with Crippen molar-refractivity contribution in [2.24, 2.45) is 0 Å². The number of aliphatic hydroxyl groups excluding tert-OH is 1. The van der Waals surface area contributed by atoms with Crippen molar-refractivity contribution in [3.63, 3.8) is 0 Å². The van der Waals surface area contributed by atoms with Gasteiger partial charge in [-0.15, -0.1) is 0 Å². The third-order valence-corrected chi connectivity index (χ3v) is 2.84. The number of halogens is 2. The fraction of sp³-hybridized carbons (Fsp3) is 0.333. The quantitative estimate of drug-likeness (QED) is 0.780. The SMILES string of the molecule is O[C@@H]1CCOc2c(Br)cc(Cl)cc21. The van der Waals surface area contributed by atoms with Gasteiger partial charge in [0.05, 0.1) is 17.2 Å². The van der Waals surface area contributed by atoms with Gasteiger partial charge in [0.2, 0.25) is 0 Å². The molecule has 13 heavy (non-hydrogen) atoms. The van der Waals surface area contributed by atoms with Gasteiger partial charge in [0.15, 0.2) is 0 Å². The molecule has 0 amide bonds. The molecule has 0 radical (unpaired) electrons.